The van der Waals surface area contributed by atoms with Gasteiger partial charge in [0.15, 0.2) is 0 Å². The van der Waals surface area contributed by atoms with Gasteiger partial charge in [0.25, 0.3) is 5.56 Å². The minimum absolute atomic E-state index is 0.110. The number of methoxy groups -OCH3 is 1. The number of nitrogens with zero attached hydrogens (tertiary/aromatic N) is 2. The van der Waals surface area contributed by atoms with E-state index in [2.05, 4.69) is 4.74 Å². The number of likely N-dealkylation sites (N-methyl/N-ethyl adjacent to an activating group) is 1. The summed E-state index contributed by atoms with van der Waals surface area (Å²) < 4.78 is 5.71. The van der Waals surface area contributed by atoms with Crippen LogP contribution in [-0.4, -0.2) is 42.0 Å². The molecule has 1 heterocycles. The molecule has 0 saturated carbocycles. The van der Waals surface area contributed by atoms with E-state index in [9.17, 15) is 14.4 Å². The van der Waals surface area contributed by atoms with Crippen molar-refractivity contribution < 1.29 is 14.3 Å². The quantitative estimate of drug-likeness (QED) is 0.722. The average molecular weight is 267 g/mol. The summed E-state index contributed by atoms with van der Waals surface area (Å²) in [4.78, 5) is 35.7. The maximum Gasteiger partial charge on any atom is 0.307 e. The standard InChI is InChI=1S/C12H17N3O4/c1-14(6-5-12(18)19-2)11(17)8-15-7-9(13)3-4-10(15)16/h3-4,7H,5-6,8,13H2,1-2H3. The Morgan fingerprint density at radius 2 is 2.11 bits per heavy atom. The Bertz CT molecular complexity index is 524. The Hall–Kier alpha value is -2.31. The highest BCUT2D eigenvalue weighted by Gasteiger charge is 2.12. The van der Waals surface area contributed by atoms with Crippen LogP contribution in [0.3, 0.4) is 0 Å². The van der Waals surface area contributed by atoms with Crippen molar-refractivity contribution in [3.05, 3.63) is 28.7 Å². The van der Waals surface area contributed by atoms with Crippen LogP contribution in [0.25, 0.3) is 0 Å². The average Bonchev–Trinajstić information content (AvgIpc) is 2.39. The summed E-state index contributed by atoms with van der Waals surface area (Å²) in [7, 11) is 2.85. The molecule has 1 aromatic rings. The molecule has 2 N–H and O–H groups in total. The fourth-order valence-corrected chi connectivity index (χ4v) is 1.43. The first kappa shape index (κ1) is 14.7. The number of pyridine rings is 1. The molecule has 0 bridgehead atoms. The highest BCUT2D eigenvalue weighted by molar-refractivity contribution is 5.76. The van der Waals surface area contributed by atoms with Crippen LogP contribution < -0.4 is 11.3 Å². The molecule has 7 nitrogen and oxygen atoms in total. The highest BCUT2D eigenvalue weighted by atomic mass is 16.5. The second-order valence-corrected chi connectivity index (χ2v) is 4.07. The van der Waals surface area contributed by atoms with Crippen molar-refractivity contribution >= 4 is 17.6 Å². The van der Waals surface area contributed by atoms with E-state index in [1.165, 1.54) is 34.9 Å². The normalized spacial score (nSPS) is 10.0. The van der Waals surface area contributed by atoms with E-state index in [4.69, 9.17) is 5.73 Å². The van der Waals surface area contributed by atoms with E-state index < -0.39 is 0 Å². The van der Waals surface area contributed by atoms with Gasteiger partial charge in [-0.15, -0.1) is 0 Å². The molecule has 0 aromatic carbocycles. The van der Waals surface area contributed by atoms with Crippen molar-refractivity contribution in [3.8, 4) is 0 Å². The lowest BCUT2D eigenvalue weighted by atomic mass is 10.3. The largest absolute Gasteiger partial charge is 0.469 e. The smallest absolute Gasteiger partial charge is 0.307 e. The third-order valence-electron chi connectivity index (χ3n) is 2.62. The highest BCUT2D eigenvalue weighted by Crippen LogP contribution is 1.98. The second kappa shape index (κ2) is 6.58. The van der Waals surface area contributed by atoms with Crippen molar-refractivity contribution in [1.29, 1.82) is 0 Å². The zero-order chi connectivity index (χ0) is 14.4. The fraction of sp³-hybridized carbons (Fsp3) is 0.417. The van der Waals surface area contributed by atoms with Crippen molar-refractivity contribution in [1.82, 2.24) is 9.47 Å². The predicted molar refractivity (Wildman–Crippen MR) is 69.4 cm³/mol. The number of rotatable bonds is 5. The third kappa shape index (κ3) is 4.46. The van der Waals surface area contributed by atoms with Crippen molar-refractivity contribution in [2.24, 2.45) is 0 Å². The molecule has 0 spiro atoms. The molecular formula is C12H17N3O4. The molecule has 0 fully saturated rings. The number of nitrogen functional groups attached to an aromatic ring is 1. The van der Waals surface area contributed by atoms with Gasteiger partial charge in [0, 0.05) is 31.5 Å². The second-order valence-electron chi connectivity index (χ2n) is 4.07. The first-order valence-corrected chi connectivity index (χ1v) is 5.70. The van der Waals surface area contributed by atoms with Gasteiger partial charge in [-0.3, -0.25) is 14.4 Å². The van der Waals surface area contributed by atoms with Crippen molar-refractivity contribution in [3.63, 3.8) is 0 Å². The number of carbonyl (C=O) groups excluding carboxylic acids is 2. The summed E-state index contributed by atoms with van der Waals surface area (Å²) in [6.07, 6.45) is 1.53. The zero-order valence-electron chi connectivity index (χ0n) is 11.0. The van der Waals surface area contributed by atoms with Gasteiger partial charge in [-0.2, -0.15) is 0 Å². The molecule has 1 aromatic heterocycles. The Morgan fingerprint density at radius 3 is 2.74 bits per heavy atom. The number of hydrogen-bond donors (Lipinski definition) is 1. The Labute approximate surface area is 110 Å². The molecule has 0 radical (unpaired) electrons. The maximum atomic E-state index is 11.9. The van der Waals surface area contributed by atoms with E-state index in [0.717, 1.165) is 0 Å². The zero-order valence-corrected chi connectivity index (χ0v) is 11.0. The summed E-state index contributed by atoms with van der Waals surface area (Å²) in [5.74, 6) is -0.669. The summed E-state index contributed by atoms with van der Waals surface area (Å²) in [5.41, 5.74) is 5.66. The van der Waals surface area contributed by atoms with Crippen LogP contribution in [0.4, 0.5) is 5.69 Å². The summed E-state index contributed by atoms with van der Waals surface area (Å²) in [6.45, 7) is 0.129. The van der Waals surface area contributed by atoms with E-state index in [-0.39, 0.29) is 36.9 Å². The van der Waals surface area contributed by atoms with Gasteiger partial charge >= 0.3 is 5.97 Å². The molecule has 0 aliphatic rings. The van der Waals surface area contributed by atoms with Gasteiger partial charge in [-0.1, -0.05) is 0 Å². The number of aromatic nitrogens is 1. The van der Waals surface area contributed by atoms with E-state index >= 15 is 0 Å². The Morgan fingerprint density at radius 1 is 1.42 bits per heavy atom. The number of anilines is 1. The first-order valence-electron chi connectivity index (χ1n) is 5.70. The number of nitrogens with two attached hydrogens (primary N) is 1. The van der Waals surface area contributed by atoms with Crippen LogP contribution in [0.5, 0.6) is 0 Å². The lowest BCUT2D eigenvalue weighted by Gasteiger charge is -2.17. The Kier molecular flexibility index (Phi) is 5.11. The first-order chi connectivity index (χ1) is 8.93. The van der Waals surface area contributed by atoms with Crippen molar-refractivity contribution in [2.45, 2.75) is 13.0 Å². The lowest BCUT2D eigenvalue weighted by molar-refractivity contribution is -0.141. The number of ether oxygens (including phenoxy) is 1. The molecule has 0 aliphatic carbocycles. The molecule has 7 heteroatoms. The van der Waals surface area contributed by atoms with E-state index in [1.54, 1.807) is 7.05 Å². The molecule has 19 heavy (non-hydrogen) atoms. The van der Waals surface area contributed by atoms with Gasteiger partial charge in [0.2, 0.25) is 5.91 Å². The van der Waals surface area contributed by atoms with Crippen LogP contribution in [0.1, 0.15) is 6.42 Å². The van der Waals surface area contributed by atoms with Crippen LogP contribution in [0, 0.1) is 0 Å². The molecule has 0 saturated heterocycles. The van der Waals surface area contributed by atoms with E-state index in [0.29, 0.717) is 5.69 Å². The van der Waals surface area contributed by atoms with Crippen LogP contribution in [0.2, 0.25) is 0 Å². The SMILES string of the molecule is COC(=O)CCN(C)C(=O)Cn1cc(N)ccc1=O. The Balaban J connectivity index is 2.61. The van der Waals surface area contributed by atoms with Crippen molar-refractivity contribution in [2.75, 3.05) is 26.4 Å². The lowest BCUT2D eigenvalue weighted by Crippen LogP contribution is -2.35. The van der Waals surface area contributed by atoms with Crippen LogP contribution in [0.15, 0.2) is 23.1 Å². The minimum atomic E-state index is -0.388. The monoisotopic (exact) mass is 267 g/mol. The summed E-state index contributed by atoms with van der Waals surface area (Å²) in [5, 5.41) is 0. The number of carbonyl (C=O) groups is 2. The van der Waals surface area contributed by atoms with Gasteiger partial charge in [-0.05, 0) is 6.07 Å². The third-order valence-corrected chi connectivity index (χ3v) is 2.62. The molecule has 0 atom stereocenters. The van der Waals surface area contributed by atoms with Gasteiger partial charge in [0.05, 0.1) is 13.5 Å². The molecule has 0 unspecified atom stereocenters. The fourth-order valence-electron chi connectivity index (χ4n) is 1.43. The molecular weight excluding hydrogens is 250 g/mol. The van der Waals surface area contributed by atoms with Gasteiger partial charge < -0.3 is 19.9 Å². The van der Waals surface area contributed by atoms with Gasteiger partial charge in [0.1, 0.15) is 6.54 Å². The number of esters is 1. The number of hydrogen-bond acceptors (Lipinski definition) is 5. The van der Waals surface area contributed by atoms with Gasteiger partial charge in [-0.25, -0.2) is 0 Å². The predicted octanol–water partition coefficient (Wildman–Crippen LogP) is -0.548. The minimum Gasteiger partial charge on any atom is -0.469 e. The summed E-state index contributed by atoms with van der Waals surface area (Å²) in [6, 6.07) is 2.78. The maximum absolute atomic E-state index is 11.9. The number of amides is 1. The topological polar surface area (TPSA) is 94.6 Å². The molecule has 104 valence electrons. The molecule has 1 amide bonds. The summed E-state index contributed by atoms with van der Waals surface area (Å²) >= 11 is 0. The van der Waals surface area contributed by atoms with Crippen LogP contribution in [-0.2, 0) is 20.9 Å². The van der Waals surface area contributed by atoms with Crippen LogP contribution >= 0.6 is 0 Å². The van der Waals surface area contributed by atoms with E-state index in [1.807, 2.05) is 0 Å². The molecule has 1 rings (SSSR count). The molecule has 0 aliphatic heterocycles.